The number of para-hydroxylation sites is 1. The molecule has 0 aliphatic carbocycles. The van der Waals surface area contributed by atoms with Crippen LogP contribution in [0.5, 0.6) is 0 Å². The molecular formula is C33H31NS. The monoisotopic (exact) mass is 473 g/mol. The van der Waals surface area contributed by atoms with Gasteiger partial charge in [-0.05, 0) is 57.9 Å². The van der Waals surface area contributed by atoms with E-state index in [9.17, 15) is 0 Å². The van der Waals surface area contributed by atoms with E-state index in [0.29, 0.717) is 5.92 Å². The molecule has 0 spiro atoms. The van der Waals surface area contributed by atoms with Crippen molar-refractivity contribution in [3.05, 3.63) is 90.0 Å². The molecule has 0 saturated carbocycles. The number of aromatic nitrogens is 1. The molecule has 0 fully saturated rings. The fourth-order valence-electron chi connectivity index (χ4n) is 5.42. The number of hydrogen-bond acceptors (Lipinski definition) is 2. The van der Waals surface area contributed by atoms with Crippen molar-refractivity contribution in [1.82, 2.24) is 4.98 Å². The van der Waals surface area contributed by atoms with Gasteiger partial charge in [0, 0.05) is 31.1 Å². The first kappa shape index (κ1) is 22.2. The highest BCUT2D eigenvalue weighted by Gasteiger charge is 2.22. The molecule has 4 aromatic carbocycles. The minimum absolute atomic E-state index is 0.0344. The molecular weight excluding hydrogens is 442 g/mol. The Morgan fingerprint density at radius 3 is 2.26 bits per heavy atom. The number of benzene rings is 4. The number of pyridine rings is 1. The molecule has 2 aromatic heterocycles. The van der Waals surface area contributed by atoms with Crippen molar-refractivity contribution in [2.24, 2.45) is 5.92 Å². The van der Waals surface area contributed by atoms with Crippen LogP contribution in [0.15, 0.2) is 78.9 Å². The van der Waals surface area contributed by atoms with Crippen LogP contribution in [0.3, 0.4) is 0 Å². The molecule has 35 heavy (non-hydrogen) atoms. The molecule has 2 heterocycles. The summed E-state index contributed by atoms with van der Waals surface area (Å²) in [6.45, 7) is 11.5. The Balaban J connectivity index is 1.77. The van der Waals surface area contributed by atoms with Gasteiger partial charge in [0.25, 0.3) is 0 Å². The number of rotatable bonds is 3. The lowest BCUT2D eigenvalue weighted by molar-refractivity contribution is 0.596. The lowest BCUT2D eigenvalue weighted by atomic mass is 9.82. The highest BCUT2D eigenvalue weighted by atomic mass is 32.1. The van der Waals surface area contributed by atoms with Crippen LogP contribution in [-0.2, 0) is 11.8 Å². The lowest BCUT2D eigenvalue weighted by Crippen LogP contribution is -2.12. The van der Waals surface area contributed by atoms with Gasteiger partial charge in [-0.2, -0.15) is 0 Å². The van der Waals surface area contributed by atoms with Crippen LogP contribution in [0.1, 0.15) is 45.7 Å². The van der Waals surface area contributed by atoms with Gasteiger partial charge < -0.3 is 0 Å². The van der Waals surface area contributed by atoms with E-state index in [2.05, 4.69) is 113 Å². The molecule has 174 valence electrons. The summed E-state index contributed by atoms with van der Waals surface area (Å²) in [4.78, 5) is 5.32. The lowest BCUT2D eigenvalue weighted by Gasteiger charge is -2.23. The van der Waals surface area contributed by atoms with Crippen LogP contribution >= 0.6 is 11.3 Å². The van der Waals surface area contributed by atoms with Crippen molar-refractivity contribution in [1.29, 1.82) is 0 Å². The average Bonchev–Trinajstić information content (AvgIpc) is 3.23. The predicted octanol–water partition coefficient (Wildman–Crippen LogP) is 9.92. The van der Waals surface area contributed by atoms with Crippen LogP contribution in [0, 0.1) is 5.92 Å². The summed E-state index contributed by atoms with van der Waals surface area (Å²) in [5.74, 6) is 0.620. The molecule has 0 N–H and O–H groups in total. The molecule has 0 aliphatic heterocycles. The molecule has 0 bridgehead atoms. The van der Waals surface area contributed by atoms with Gasteiger partial charge in [-0.1, -0.05) is 95.3 Å². The number of thiophene rings is 1. The van der Waals surface area contributed by atoms with Crippen LogP contribution in [0.25, 0.3) is 53.1 Å². The third-order valence-electron chi connectivity index (χ3n) is 6.99. The Labute approximate surface area is 211 Å². The number of fused-ring (bicyclic) bond motifs is 6. The second-order valence-electron chi connectivity index (χ2n) is 11.2. The van der Waals surface area contributed by atoms with Crippen molar-refractivity contribution in [2.75, 3.05) is 0 Å². The standard InChI is InChI=1S/C33H31NS/c1-20(2)17-22-12-10-15-26-29-30(34-28-16-9-8-14-25(28)32(29)35-31(22)26)23-18-21-11-6-7-13-24(21)27(19-23)33(3,4)5/h6-16,18-20H,17H2,1-5H3. The number of nitrogens with zero attached hydrogens (tertiary/aromatic N) is 1. The van der Waals surface area contributed by atoms with Gasteiger partial charge in [0.1, 0.15) is 0 Å². The van der Waals surface area contributed by atoms with Gasteiger partial charge in [0.15, 0.2) is 0 Å². The Morgan fingerprint density at radius 2 is 1.49 bits per heavy atom. The molecule has 6 aromatic rings. The maximum absolute atomic E-state index is 5.32. The van der Waals surface area contributed by atoms with Crippen LogP contribution in [0.4, 0.5) is 0 Å². The van der Waals surface area contributed by atoms with E-state index in [1.165, 1.54) is 53.0 Å². The van der Waals surface area contributed by atoms with E-state index in [0.717, 1.165) is 17.6 Å². The van der Waals surface area contributed by atoms with Crippen LogP contribution in [0.2, 0.25) is 0 Å². The maximum Gasteiger partial charge on any atom is 0.0803 e. The Morgan fingerprint density at radius 1 is 0.771 bits per heavy atom. The van der Waals surface area contributed by atoms with Crippen molar-refractivity contribution in [2.45, 2.75) is 46.5 Å². The van der Waals surface area contributed by atoms with Gasteiger partial charge in [0.2, 0.25) is 0 Å². The third kappa shape index (κ3) is 3.72. The Hall–Kier alpha value is -3.23. The molecule has 0 aliphatic rings. The second-order valence-corrected chi connectivity index (χ2v) is 12.2. The minimum atomic E-state index is 0.0344. The third-order valence-corrected chi connectivity index (χ3v) is 8.30. The van der Waals surface area contributed by atoms with Crippen molar-refractivity contribution in [3.8, 4) is 11.3 Å². The van der Waals surface area contributed by atoms with Gasteiger partial charge in [0.05, 0.1) is 11.2 Å². The molecule has 0 unspecified atom stereocenters. The summed E-state index contributed by atoms with van der Waals surface area (Å²) >= 11 is 1.94. The van der Waals surface area contributed by atoms with E-state index >= 15 is 0 Å². The zero-order valence-electron chi connectivity index (χ0n) is 21.1. The molecule has 0 amide bonds. The first-order valence-corrected chi connectivity index (χ1v) is 13.4. The van der Waals surface area contributed by atoms with E-state index in [1.807, 2.05) is 11.3 Å². The molecule has 0 saturated heterocycles. The summed E-state index contributed by atoms with van der Waals surface area (Å²) < 4.78 is 2.76. The summed E-state index contributed by atoms with van der Waals surface area (Å²) in [5, 5.41) is 6.49. The molecule has 1 nitrogen and oxygen atoms in total. The van der Waals surface area contributed by atoms with Crippen molar-refractivity contribution < 1.29 is 0 Å². The van der Waals surface area contributed by atoms with E-state index in [1.54, 1.807) is 0 Å². The summed E-state index contributed by atoms with van der Waals surface area (Å²) in [6.07, 6.45) is 1.09. The average molecular weight is 474 g/mol. The van der Waals surface area contributed by atoms with Gasteiger partial charge in [-0.3, -0.25) is 0 Å². The zero-order chi connectivity index (χ0) is 24.3. The normalized spacial score (nSPS) is 12.5. The van der Waals surface area contributed by atoms with E-state index in [-0.39, 0.29) is 5.41 Å². The summed E-state index contributed by atoms with van der Waals surface area (Å²) in [5.41, 5.74) is 6.22. The summed E-state index contributed by atoms with van der Waals surface area (Å²) in [7, 11) is 0. The van der Waals surface area contributed by atoms with Gasteiger partial charge in [-0.15, -0.1) is 11.3 Å². The Kier molecular flexibility index (Phi) is 5.19. The Bertz CT molecular complexity index is 1730. The fraction of sp³-hybridized carbons (Fsp3) is 0.242. The SMILES string of the molecule is CC(C)Cc1cccc2c1sc1c3ccccc3nc(-c3cc(C(C)(C)C)c4ccccc4c3)c21. The van der Waals surface area contributed by atoms with Crippen LogP contribution in [-0.4, -0.2) is 4.98 Å². The van der Waals surface area contributed by atoms with Gasteiger partial charge >= 0.3 is 0 Å². The molecule has 2 heteroatoms. The zero-order valence-corrected chi connectivity index (χ0v) is 22.0. The first-order valence-electron chi connectivity index (χ1n) is 12.6. The predicted molar refractivity (Wildman–Crippen MR) is 155 cm³/mol. The minimum Gasteiger partial charge on any atom is -0.247 e. The quantitative estimate of drug-likeness (QED) is 0.249. The summed E-state index contributed by atoms with van der Waals surface area (Å²) in [6, 6.07) is 28.9. The fourth-order valence-corrected chi connectivity index (χ4v) is 6.78. The van der Waals surface area contributed by atoms with E-state index < -0.39 is 0 Å². The largest absolute Gasteiger partial charge is 0.247 e. The van der Waals surface area contributed by atoms with Crippen LogP contribution < -0.4 is 0 Å². The van der Waals surface area contributed by atoms with Gasteiger partial charge in [-0.25, -0.2) is 4.98 Å². The topological polar surface area (TPSA) is 12.9 Å². The van der Waals surface area contributed by atoms with E-state index in [4.69, 9.17) is 4.98 Å². The van der Waals surface area contributed by atoms with Crippen molar-refractivity contribution >= 4 is 53.2 Å². The molecule has 0 radical (unpaired) electrons. The molecule has 0 atom stereocenters. The highest BCUT2D eigenvalue weighted by Crippen LogP contribution is 2.45. The number of hydrogen-bond donors (Lipinski definition) is 0. The maximum atomic E-state index is 5.32. The van der Waals surface area contributed by atoms with Crippen molar-refractivity contribution in [3.63, 3.8) is 0 Å². The second kappa shape index (κ2) is 8.17. The first-order chi connectivity index (χ1) is 16.8. The smallest absolute Gasteiger partial charge is 0.0803 e. The highest BCUT2D eigenvalue weighted by molar-refractivity contribution is 7.27. The molecule has 6 rings (SSSR count).